The second-order valence-electron chi connectivity index (χ2n) is 12.9. The molecular formula is C46H28N2S2. The van der Waals surface area contributed by atoms with E-state index in [1.165, 1.54) is 90.0 Å². The minimum Gasteiger partial charge on any atom is -0.309 e. The van der Waals surface area contributed by atoms with Gasteiger partial charge in [-0.2, -0.15) is 0 Å². The number of nitrogens with zero attached hydrogens (tertiary/aromatic N) is 2. The van der Waals surface area contributed by atoms with Gasteiger partial charge in [-0.1, -0.05) is 97.1 Å². The number of para-hydroxylation sites is 2. The zero-order chi connectivity index (χ0) is 32.8. The number of hydrogen-bond donors (Lipinski definition) is 0. The van der Waals surface area contributed by atoms with Crippen molar-refractivity contribution in [3.05, 3.63) is 170 Å². The normalized spacial score (nSPS) is 12.0. The highest BCUT2D eigenvalue weighted by molar-refractivity contribution is 7.26. The van der Waals surface area contributed by atoms with Crippen LogP contribution in [0.25, 0.3) is 78.6 Å². The van der Waals surface area contributed by atoms with E-state index < -0.39 is 0 Å². The molecule has 11 aromatic rings. The van der Waals surface area contributed by atoms with E-state index in [0.717, 1.165) is 5.69 Å². The van der Waals surface area contributed by atoms with Crippen LogP contribution in [0.3, 0.4) is 0 Å². The topological polar surface area (TPSA) is 8.17 Å². The lowest BCUT2D eigenvalue weighted by Gasteiger charge is -2.27. The summed E-state index contributed by atoms with van der Waals surface area (Å²) < 4.78 is 7.63. The summed E-state index contributed by atoms with van der Waals surface area (Å²) in [5.74, 6) is 0. The average Bonchev–Trinajstić information content (AvgIpc) is 3.84. The first-order valence-corrected chi connectivity index (χ1v) is 18.6. The predicted molar refractivity (Wildman–Crippen MR) is 219 cm³/mol. The predicted octanol–water partition coefficient (Wildman–Crippen LogP) is 14.1. The minimum atomic E-state index is 1.14. The van der Waals surface area contributed by atoms with Gasteiger partial charge in [-0.15, -0.1) is 22.7 Å². The Morgan fingerprint density at radius 3 is 1.90 bits per heavy atom. The van der Waals surface area contributed by atoms with Crippen molar-refractivity contribution in [3.63, 3.8) is 0 Å². The fourth-order valence-corrected chi connectivity index (χ4v) is 10.3. The second-order valence-corrected chi connectivity index (χ2v) is 15.1. The summed E-state index contributed by atoms with van der Waals surface area (Å²) in [4.78, 5) is 2.51. The van der Waals surface area contributed by atoms with Crippen LogP contribution < -0.4 is 4.90 Å². The molecule has 0 saturated heterocycles. The number of aromatic nitrogens is 1. The molecule has 0 bridgehead atoms. The molecule has 11 rings (SSSR count). The van der Waals surface area contributed by atoms with Crippen LogP contribution in [0.2, 0.25) is 0 Å². The first-order chi connectivity index (χ1) is 24.8. The van der Waals surface area contributed by atoms with Crippen molar-refractivity contribution in [2.75, 3.05) is 4.90 Å². The monoisotopic (exact) mass is 672 g/mol. The van der Waals surface area contributed by atoms with Crippen molar-refractivity contribution in [2.45, 2.75) is 0 Å². The molecule has 0 aliphatic heterocycles. The molecule has 3 aromatic heterocycles. The molecule has 3 heterocycles. The first kappa shape index (κ1) is 28.0. The Balaban J connectivity index is 1.23. The lowest BCUT2D eigenvalue weighted by atomic mass is 10.0. The summed E-state index contributed by atoms with van der Waals surface area (Å²) in [6, 6.07) is 62.5. The smallest absolute Gasteiger partial charge is 0.0640 e. The van der Waals surface area contributed by atoms with Crippen molar-refractivity contribution in [1.29, 1.82) is 0 Å². The molecule has 0 atom stereocenters. The molecule has 0 N–H and O–H groups in total. The Morgan fingerprint density at radius 1 is 0.380 bits per heavy atom. The molecule has 234 valence electrons. The Bertz CT molecular complexity index is 3110. The molecule has 0 saturated carbocycles. The molecule has 2 nitrogen and oxygen atoms in total. The quantitative estimate of drug-likeness (QED) is 0.181. The van der Waals surface area contributed by atoms with E-state index in [-0.39, 0.29) is 0 Å². The summed E-state index contributed by atoms with van der Waals surface area (Å²) >= 11 is 3.76. The van der Waals surface area contributed by atoms with Gasteiger partial charge in [-0.05, 0) is 78.2 Å². The lowest BCUT2D eigenvalue weighted by molar-refractivity contribution is 1.18. The third-order valence-corrected chi connectivity index (χ3v) is 12.5. The molecular weight excluding hydrogens is 645 g/mol. The molecule has 0 fully saturated rings. The van der Waals surface area contributed by atoms with Gasteiger partial charge in [0.25, 0.3) is 0 Å². The number of benzene rings is 8. The van der Waals surface area contributed by atoms with Crippen LogP contribution >= 0.6 is 22.7 Å². The van der Waals surface area contributed by atoms with E-state index >= 15 is 0 Å². The zero-order valence-corrected chi connectivity index (χ0v) is 28.5. The zero-order valence-electron chi connectivity index (χ0n) is 26.9. The van der Waals surface area contributed by atoms with E-state index in [1.807, 2.05) is 22.7 Å². The van der Waals surface area contributed by atoms with Gasteiger partial charge in [0, 0.05) is 63.2 Å². The first-order valence-electron chi connectivity index (χ1n) is 16.9. The lowest BCUT2D eigenvalue weighted by Crippen LogP contribution is -2.10. The third kappa shape index (κ3) is 4.07. The van der Waals surface area contributed by atoms with Gasteiger partial charge in [-0.3, -0.25) is 0 Å². The van der Waals surface area contributed by atoms with Crippen LogP contribution in [0.1, 0.15) is 0 Å². The van der Waals surface area contributed by atoms with Crippen LogP contribution in [0.5, 0.6) is 0 Å². The van der Waals surface area contributed by atoms with Crippen molar-refractivity contribution in [2.24, 2.45) is 0 Å². The number of rotatable bonds is 4. The maximum Gasteiger partial charge on any atom is 0.0640 e. The highest BCUT2D eigenvalue weighted by Crippen LogP contribution is 2.48. The third-order valence-electron chi connectivity index (χ3n) is 10.1. The molecule has 0 spiro atoms. The Kier molecular flexibility index (Phi) is 6.03. The maximum atomic E-state index is 2.51. The van der Waals surface area contributed by atoms with Crippen molar-refractivity contribution >= 4 is 113 Å². The van der Waals surface area contributed by atoms with Gasteiger partial charge >= 0.3 is 0 Å². The number of hydrogen-bond acceptors (Lipinski definition) is 3. The van der Waals surface area contributed by atoms with E-state index in [1.54, 1.807) is 0 Å². The fourth-order valence-electron chi connectivity index (χ4n) is 7.95. The van der Waals surface area contributed by atoms with Crippen LogP contribution in [0.15, 0.2) is 170 Å². The summed E-state index contributed by atoms with van der Waals surface area (Å²) in [6.07, 6.45) is 0. The van der Waals surface area contributed by atoms with Gasteiger partial charge < -0.3 is 9.47 Å². The molecule has 8 aromatic carbocycles. The van der Waals surface area contributed by atoms with Gasteiger partial charge in [0.05, 0.1) is 27.1 Å². The van der Waals surface area contributed by atoms with E-state index in [9.17, 15) is 0 Å². The molecule has 0 unspecified atom stereocenters. The molecule has 0 aliphatic rings. The van der Waals surface area contributed by atoms with E-state index in [2.05, 4.69) is 179 Å². The van der Waals surface area contributed by atoms with Gasteiger partial charge in [0.2, 0.25) is 0 Å². The van der Waals surface area contributed by atoms with Crippen molar-refractivity contribution < 1.29 is 0 Å². The van der Waals surface area contributed by atoms with Gasteiger partial charge in [0.15, 0.2) is 0 Å². The molecule has 4 heteroatoms. The van der Waals surface area contributed by atoms with Crippen LogP contribution in [-0.2, 0) is 0 Å². The SMILES string of the molecule is c1ccc(-n2c3ccccc3c3cc(N(c4cccc5cc6c(cc45)sc4ccccc46)c4cccc5c4sc4ccccc45)ccc32)cc1. The van der Waals surface area contributed by atoms with E-state index in [4.69, 9.17) is 0 Å². The standard InChI is InChI=1S/C46H28N2S2/c1-2-13-30(14-3-1)47-39-19-7-4-15-32(39)37-27-31(24-25-41(37)47)48(42-21-11-18-35-33-16-5-9-23-44(33)50-46(35)42)40-20-10-12-29-26-38-34-17-6-8-22-43(34)49-45(38)28-36(29)40/h1-28H. The Morgan fingerprint density at radius 2 is 1.04 bits per heavy atom. The number of thiophene rings is 2. The number of fused-ring (bicyclic) bond motifs is 10. The van der Waals surface area contributed by atoms with Crippen molar-refractivity contribution in [1.82, 2.24) is 4.57 Å². The molecule has 50 heavy (non-hydrogen) atoms. The summed E-state index contributed by atoms with van der Waals surface area (Å²) in [7, 11) is 0. The fraction of sp³-hybridized carbons (Fsp3) is 0. The molecule has 0 aliphatic carbocycles. The highest BCUT2D eigenvalue weighted by Gasteiger charge is 2.22. The van der Waals surface area contributed by atoms with Crippen LogP contribution in [-0.4, -0.2) is 4.57 Å². The summed E-state index contributed by atoms with van der Waals surface area (Å²) in [5, 5.41) is 10.2. The Hall–Kier alpha value is -5.94. The molecule has 0 amide bonds. The van der Waals surface area contributed by atoms with E-state index in [0.29, 0.717) is 0 Å². The Labute approximate surface area is 296 Å². The van der Waals surface area contributed by atoms with Gasteiger partial charge in [0.1, 0.15) is 0 Å². The second kappa shape index (κ2) is 10.8. The summed E-state index contributed by atoms with van der Waals surface area (Å²) in [5.41, 5.74) is 7.09. The summed E-state index contributed by atoms with van der Waals surface area (Å²) in [6.45, 7) is 0. The van der Waals surface area contributed by atoms with Crippen molar-refractivity contribution in [3.8, 4) is 5.69 Å². The van der Waals surface area contributed by atoms with Crippen LogP contribution in [0, 0.1) is 0 Å². The minimum absolute atomic E-state index is 1.14. The average molecular weight is 673 g/mol. The largest absolute Gasteiger partial charge is 0.309 e. The molecule has 0 radical (unpaired) electrons. The number of anilines is 3. The van der Waals surface area contributed by atoms with Gasteiger partial charge in [-0.25, -0.2) is 0 Å². The highest BCUT2D eigenvalue weighted by atomic mass is 32.1. The maximum absolute atomic E-state index is 2.51. The van der Waals surface area contributed by atoms with Crippen LogP contribution in [0.4, 0.5) is 17.1 Å².